The number of esters is 1. The van der Waals surface area contributed by atoms with Gasteiger partial charge in [0.15, 0.2) is 0 Å². The van der Waals surface area contributed by atoms with Crippen molar-refractivity contribution < 1.29 is 64.0 Å². The van der Waals surface area contributed by atoms with Gasteiger partial charge in [-0.15, -0.1) is 0 Å². The van der Waals surface area contributed by atoms with Crippen LogP contribution in [-0.4, -0.2) is 48.2 Å². The highest BCUT2D eigenvalue weighted by Gasteiger charge is 2.50. The smallest absolute Gasteiger partial charge is 0.430 e. The first-order valence-corrected chi connectivity index (χ1v) is 10.5. The van der Waals surface area contributed by atoms with Crippen LogP contribution in [0.25, 0.3) is 12.2 Å². The van der Waals surface area contributed by atoms with Crippen LogP contribution in [0.2, 0.25) is 0 Å². The van der Waals surface area contributed by atoms with Gasteiger partial charge in [-0.2, -0.15) is 26.3 Å². The Morgan fingerprint density at radius 2 is 1.24 bits per heavy atom. The predicted octanol–water partition coefficient (Wildman–Crippen LogP) is 5.71. The third kappa shape index (κ3) is 6.06. The lowest BCUT2D eigenvalue weighted by molar-refractivity contribution is -0.188. The Bertz CT molecular complexity index is 1300. The van der Waals surface area contributed by atoms with Gasteiger partial charge in [-0.05, 0) is 43.3 Å². The van der Waals surface area contributed by atoms with Crippen molar-refractivity contribution >= 4 is 24.1 Å². The molecule has 14 heteroatoms. The molecule has 0 aliphatic carbocycles. The molecular weight excluding hydrogens is 536 g/mol. The van der Waals surface area contributed by atoms with Crippen molar-refractivity contribution in [3.8, 4) is 11.5 Å². The van der Waals surface area contributed by atoms with Crippen LogP contribution in [0.4, 0.5) is 35.1 Å². The van der Waals surface area contributed by atoms with Gasteiger partial charge in [0.25, 0.3) is 0 Å². The van der Waals surface area contributed by atoms with E-state index in [-0.39, 0.29) is 29.2 Å². The summed E-state index contributed by atoms with van der Waals surface area (Å²) in [6, 6.07) is 6.83. The molecule has 0 bridgehead atoms. The Morgan fingerprint density at radius 3 is 1.63 bits per heavy atom. The zero-order valence-corrected chi connectivity index (χ0v) is 19.0. The molecule has 4 rings (SSSR count). The molecule has 2 aliphatic heterocycles. The van der Waals surface area contributed by atoms with E-state index in [2.05, 4.69) is 9.47 Å². The molecule has 38 heavy (non-hydrogen) atoms. The van der Waals surface area contributed by atoms with Crippen molar-refractivity contribution in [2.75, 3.05) is 6.61 Å². The molecule has 2 heterocycles. The summed E-state index contributed by atoms with van der Waals surface area (Å²) in [5.74, 6) is -5.19. The summed E-state index contributed by atoms with van der Waals surface area (Å²) in [4.78, 5) is 22.3. The Morgan fingerprint density at radius 1 is 0.816 bits per heavy atom. The second-order valence-electron chi connectivity index (χ2n) is 7.61. The number of alkyl halides is 6. The van der Waals surface area contributed by atoms with Crippen molar-refractivity contribution in [1.29, 1.82) is 0 Å². The zero-order chi connectivity index (χ0) is 28.4. The first-order valence-electron chi connectivity index (χ1n) is 10.5. The van der Waals surface area contributed by atoms with E-state index in [1.165, 1.54) is 25.1 Å². The van der Waals surface area contributed by atoms with Gasteiger partial charge in [0.2, 0.25) is 12.2 Å². The number of hydrogen-bond acceptors (Lipinski definition) is 5. The van der Waals surface area contributed by atoms with Crippen LogP contribution < -0.4 is 9.47 Å². The number of halogens is 8. The minimum absolute atomic E-state index is 0.0924. The topological polar surface area (TPSA) is 82.1 Å². The second kappa shape index (κ2) is 10.7. The molecule has 0 amide bonds. The van der Waals surface area contributed by atoms with E-state index >= 15 is 0 Å². The third-order valence-electron chi connectivity index (χ3n) is 5.03. The van der Waals surface area contributed by atoms with Crippen LogP contribution in [0.5, 0.6) is 11.5 Å². The number of carbonyl (C=O) groups is 2. The molecule has 2 aromatic rings. The molecule has 2 aliphatic rings. The van der Waals surface area contributed by atoms with Crippen LogP contribution in [0.3, 0.4) is 0 Å². The lowest BCUT2D eigenvalue weighted by Gasteiger charge is -2.27. The largest absolute Gasteiger partial charge is 0.478 e. The van der Waals surface area contributed by atoms with Gasteiger partial charge in [0.05, 0.1) is 28.9 Å². The summed E-state index contributed by atoms with van der Waals surface area (Å²) in [6.07, 6.45) is -13.3. The molecule has 0 saturated carbocycles. The van der Waals surface area contributed by atoms with E-state index < -0.39 is 59.3 Å². The summed E-state index contributed by atoms with van der Waals surface area (Å²) in [5.41, 5.74) is -2.30. The molecule has 0 radical (unpaired) electrons. The normalized spacial score (nSPS) is 18.2. The fourth-order valence-electron chi connectivity index (χ4n) is 3.40. The quantitative estimate of drug-likeness (QED) is 0.388. The van der Waals surface area contributed by atoms with Crippen molar-refractivity contribution in [2.45, 2.75) is 31.5 Å². The van der Waals surface area contributed by atoms with Gasteiger partial charge in [-0.3, -0.25) is 0 Å². The van der Waals surface area contributed by atoms with Crippen LogP contribution in [0.1, 0.15) is 18.1 Å². The van der Waals surface area contributed by atoms with E-state index in [4.69, 9.17) is 9.84 Å². The minimum Gasteiger partial charge on any atom is -0.478 e. The van der Waals surface area contributed by atoms with E-state index in [0.29, 0.717) is 6.08 Å². The number of carbonyl (C=O) groups excluding carboxylic acids is 1. The van der Waals surface area contributed by atoms with Crippen molar-refractivity contribution in [2.24, 2.45) is 0 Å². The van der Waals surface area contributed by atoms with Crippen LogP contribution in [0.15, 0.2) is 47.5 Å². The number of benzene rings is 2. The van der Waals surface area contributed by atoms with Crippen molar-refractivity contribution in [1.82, 2.24) is 0 Å². The number of ether oxygens (including phenoxy) is 3. The fraction of sp³-hybridized carbons (Fsp3) is 0.250. The highest BCUT2D eigenvalue weighted by Crippen LogP contribution is 2.39. The first kappa shape index (κ1) is 28.5. The molecule has 204 valence electrons. The van der Waals surface area contributed by atoms with Gasteiger partial charge in [-0.25, -0.2) is 18.4 Å². The number of rotatable bonds is 3. The molecule has 0 aromatic heterocycles. The van der Waals surface area contributed by atoms with Gasteiger partial charge < -0.3 is 19.3 Å². The Labute approximate surface area is 208 Å². The van der Waals surface area contributed by atoms with E-state index in [1.807, 2.05) is 0 Å². The number of fused-ring (bicyclic) bond motifs is 2. The Balaban J connectivity index is 0.000000212. The summed E-state index contributed by atoms with van der Waals surface area (Å²) < 4.78 is 117. The highest BCUT2D eigenvalue weighted by molar-refractivity contribution is 5.96. The monoisotopic (exact) mass is 552 g/mol. The van der Waals surface area contributed by atoms with Crippen molar-refractivity contribution in [3.05, 3.63) is 70.3 Å². The molecule has 2 aromatic carbocycles. The highest BCUT2D eigenvalue weighted by atomic mass is 19.4. The number of carboxylic acid groups (broad SMARTS) is 1. The second-order valence-corrected chi connectivity index (χ2v) is 7.61. The fourth-order valence-corrected chi connectivity index (χ4v) is 3.40. The molecule has 0 saturated heterocycles. The van der Waals surface area contributed by atoms with Gasteiger partial charge in [0.1, 0.15) is 23.1 Å². The van der Waals surface area contributed by atoms with Gasteiger partial charge in [-0.1, -0.05) is 12.1 Å². The summed E-state index contributed by atoms with van der Waals surface area (Å²) >= 11 is 0. The van der Waals surface area contributed by atoms with E-state index in [1.54, 1.807) is 0 Å². The van der Waals surface area contributed by atoms with Crippen molar-refractivity contribution in [3.63, 3.8) is 0 Å². The van der Waals surface area contributed by atoms with E-state index in [9.17, 15) is 44.7 Å². The summed E-state index contributed by atoms with van der Waals surface area (Å²) in [7, 11) is 0. The first-order chi connectivity index (χ1) is 17.6. The maximum atomic E-state index is 13.6. The minimum atomic E-state index is -4.88. The maximum absolute atomic E-state index is 13.6. The third-order valence-corrected chi connectivity index (χ3v) is 5.03. The van der Waals surface area contributed by atoms with Gasteiger partial charge >= 0.3 is 24.3 Å². The van der Waals surface area contributed by atoms with Gasteiger partial charge in [0, 0.05) is 0 Å². The molecule has 0 fully saturated rings. The van der Waals surface area contributed by atoms with Crippen LogP contribution in [0, 0.1) is 11.6 Å². The lowest BCUT2D eigenvalue weighted by Crippen LogP contribution is -2.40. The predicted molar refractivity (Wildman–Crippen MR) is 114 cm³/mol. The number of aliphatic carboxylic acids is 1. The lowest BCUT2D eigenvalue weighted by atomic mass is 10.0. The number of carboxylic acids is 1. The molecular formula is C24H16F8O6. The SMILES string of the molecule is CCOC(=O)C1=Cc2c(F)cccc2OC1C(F)(F)F.O=C(O)C1=Cc2c(F)cccc2OC1C(F)(F)F. The molecule has 2 atom stereocenters. The standard InChI is InChI=1S/C13H10F4O3.C11H6F4O3/c1-2-19-12(18)8-6-7-9(14)4-3-5-10(7)20-11(8)13(15,16)17;12-7-2-1-3-8-5(7)4-6(10(16)17)9(18-8)11(13,14)15/h3-6,11H,2H2,1H3;1-4,9H,(H,16,17). The summed E-state index contributed by atoms with van der Waals surface area (Å²) in [6.45, 7) is 1.37. The van der Waals surface area contributed by atoms with E-state index in [0.717, 1.165) is 24.3 Å². The van der Waals surface area contributed by atoms with Crippen LogP contribution >= 0.6 is 0 Å². The molecule has 1 N–H and O–H groups in total. The van der Waals surface area contributed by atoms with Crippen LogP contribution in [-0.2, 0) is 14.3 Å². The molecule has 2 unspecified atom stereocenters. The number of hydrogen-bond donors (Lipinski definition) is 1. The zero-order valence-electron chi connectivity index (χ0n) is 19.0. The maximum Gasteiger partial charge on any atom is 0.430 e. The summed E-state index contributed by atoms with van der Waals surface area (Å²) in [5, 5.41) is 8.72. The Hall–Kier alpha value is -4.10. The average molecular weight is 552 g/mol. The molecule has 6 nitrogen and oxygen atoms in total. The Kier molecular flexibility index (Phi) is 8.03. The average Bonchev–Trinajstić information content (AvgIpc) is 2.82. The molecule has 0 spiro atoms.